The molecule has 0 aliphatic heterocycles. The van der Waals surface area contributed by atoms with E-state index in [2.05, 4.69) is 0 Å². The van der Waals surface area contributed by atoms with Crippen LogP contribution in [0.2, 0.25) is 0 Å². The van der Waals surface area contributed by atoms with E-state index in [0.29, 0.717) is 23.4 Å². The lowest BCUT2D eigenvalue weighted by Crippen LogP contribution is -2.27. The molecule has 0 N–H and O–H groups in total. The third-order valence-electron chi connectivity index (χ3n) is 3.09. The maximum absolute atomic E-state index is 12.0. The Labute approximate surface area is 123 Å². The zero-order valence-corrected chi connectivity index (χ0v) is 12.9. The van der Waals surface area contributed by atoms with Gasteiger partial charge in [0, 0.05) is 18.3 Å². The summed E-state index contributed by atoms with van der Waals surface area (Å²) in [6.07, 6.45) is 0.0832. The first-order valence-corrected chi connectivity index (χ1v) is 6.96. The zero-order valence-electron chi connectivity index (χ0n) is 12.9. The Morgan fingerprint density at radius 1 is 1.14 bits per heavy atom. The van der Waals surface area contributed by atoms with Crippen LogP contribution >= 0.6 is 0 Å². The molecule has 1 aromatic rings. The quantitative estimate of drug-likeness (QED) is 0.745. The minimum Gasteiger partial charge on any atom is -0.466 e. The predicted molar refractivity (Wildman–Crippen MR) is 77.4 cm³/mol. The third kappa shape index (κ3) is 4.18. The number of aryl methyl sites for hydroxylation is 1. The zero-order chi connectivity index (χ0) is 16.0. The van der Waals surface area contributed by atoms with Gasteiger partial charge in [0.2, 0.25) is 0 Å². The van der Waals surface area contributed by atoms with Gasteiger partial charge in [0.25, 0.3) is 5.56 Å². The summed E-state index contributed by atoms with van der Waals surface area (Å²) in [6.45, 7) is 7.55. The van der Waals surface area contributed by atoms with Crippen LogP contribution in [0.3, 0.4) is 0 Å². The van der Waals surface area contributed by atoms with Gasteiger partial charge in [0.15, 0.2) is 0 Å². The second-order valence-electron chi connectivity index (χ2n) is 4.55. The first kappa shape index (κ1) is 16.9. The molecule has 0 amide bonds. The SMILES string of the molecule is CCOC(=O)CCn1c(C)c(C(=O)OCC)c(C)cc1=O. The first-order chi connectivity index (χ1) is 9.92. The molecule has 0 saturated heterocycles. The summed E-state index contributed by atoms with van der Waals surface area (Å²) >= 11 is 0. The second-order valence-corrected chi connectivity index (χ2v) is 4.55. The predicted octanol–water partition coefficient (Wildman–Crippen LogP) is 1.60. The number of hydrogen-bond acceptors (Lipinski definition) is 5. The van der Waals surface area contributed by atoms with E-state index < -0.39 is 5.97 Å². The van der Waals surface area contributed by atoms with Gasteiger partial charge in [-0.3, -0.25) is 9.59 Å². The Morgan fingerprint density at radius 3 is 2.33 bits per heavy atom. The lowest BCUT2D eigenvalue weighted by Gasteiger charge is -2.15. The van der Waals surface area contributed by atoms with Crippen LogP contribution in [0, 0.1) is 13.8 Å². The maximum Gasteiger partial charge on any atom is 0.340 e. The molecule has 0 bridgehead atoms. The van der Waals surface area contributed by atoms with Crippen LogP contribution in [0.4, 0.5) is 0 Å². The molecule has 0 saturated carbocycles. The number of esters is 2. The van der Waals surface area contributed by atoms with E-state index in [0.717, 1.165) is 0 Å². The molecule has 21 heavy (non-hydrogen) atoms. The van der Waals surface area contributed by atoms with Crippen molar-refractivity contribution < 1.29 is 19.1 Å². The summed E-state index contributed by atoms with van der Waals surface area (Å²) in [5.74, 6) is -0.834. The third-order valence-corrected chi connectivity index (χ3v) is 3.09. The highest BCUT2D eigenvalue weighted by molar-refractivity contribution is 5.92. The van der Waals surface area contributed by atoms with Crippen molar-refractivity contribution in [2.45, 2.75) is 40.7 Å². The molecule has 0 unspecified atom stereocenters. The molecular weight excluding hydrogens is 274 g/mol. The molecule has 0 aliphatic rings. The number of carbonyl (C=O) groups excluding carboxylic acids is 2. The molecule has 0 atom stereocenters. The summed E-state index contributed by atoms with van der Waals surface area (Å²) in [6, 6.07) is 1.38. The summed E-state index contributed by atoms with van der Waals surface area (Å²) in [5.41, 5.74) is 1.20. The summed E-state index contributed by atoms with van der Waals surface area (Å²) in [5, 5.41) is 0. The monoisotopic (exact) mass is 295 g/mol. The Morgan fingerprint density at radius 2 is 1.76 bits per heavy atom. The molecule has 0 aliphatic carbocycles. The van der Waals surface area contributed by atoms with Crippen molar-refractivity contribution >= 4 is 11.9 Å². The average molecular weight is 295 g/mol. The minimum atomic E-state index is -0.461. The van der Waals surface area contributed by atoms with E-state index in [9.17, 15) is 14.4 Å². The van der Waals surface area contributed by atoms with Crippen molar-refractivity contribution in [1.29, 1.82) is 0 Å². The van der Waals surface area contributed by atoms with Gasteiger partial charge in [-0.2, -0.15) is 0 Å². The van der Waals surface area contributed by atoms with Crippen LogP contribution in [0.25, 0.3) is 0 Å². The van der Waals surface area contributed by atoms with Gasteiger partial charge in [0.1, 0.15) is 0 Å². The average Bonchev–Trinajstić information content (AvgIpc) is 2.38. The smallest absolute Gasteiger partial charge is 0.340 e. The lowest BCUT2D eigenvalue weighted by molar-refractivity contribution is -0.143. The highest BCUT2D eigenvalue weighted by atomic mass is 16.5. The van der Waals surface area contributed by atoms with Crippen molar-refractivity contribution in [2.75, 3.05) is 13.2 Å². The van der Waals surface area contributed by atoms with E-state index >= 15 is 0 Å². The molecule has 6 nitrogen and oxygen atoms in total. The van der Waals surface area contributed by atoms with Crippen LogP contribution < -0.4 is 5.56 Å². The number of aromatic nitrogens is 1. The number of ether oxygens (including phenoxy) is 2. The van der Waals surface area contributed by atoms with Crippen LogP contribution in [0.1, 0.15) is 41.9 Å². The van der Waals surface area contributed by atoms with E-state index in [1.807, 2.05) is 0 Å². The van der Waals surface area contributed by atoms with Gasteiger partial charge in [-0.15, -0.1) is 0 Å². The minimum absolute atomic E-state index is 0.0832. The highest BCUT2D eigenvalue weighted by Gasteiger charge is 2.18. The normalized spacial score (nSPS) is 10.3. The fourth-order valence-electron chi connectivity index (χ4n) is 2.15. The second kappa shape index (κ2) is 7.61. The van der Waals surface area contributed by atoms with E-state index in [-0.39, 0.29) is 31.1 Å². The Kier molecular flexibility index (Phi) is 6.14. The van der Waals surface area contributed by atoms with E-state index in [4.69, 9.17) is 9.47 Å². The highest BCUT2D eigenvalue weighted by Crippen LogP contribution is 2.13. The van der Waals surface area contributed by atoms with Crippen LogP contribution in [0.15, 0.2) is 10.9 Å². The van der Waals surface area contributed by atoms with Gasteiger partial charge in [-0.25, -0.2) is 4.79 Å². The van der Waals surface area contributed by atoms with Gasteiger partial charge >= 0.3 is 11.9 Å². The Balaban J connectivity index is 3.10. The molecule has 6 heteroatoms. The van der Waals surface area contributed by atoms with Crippen molar-refractivity contribution in [3.8, 4) is 0 Å². The topological polar surface area (TPSA) is 74.6 Å². The van der Waals surface area contributed by atoms with Crippen molar-refractivity contribution in [3.05, 3.63) is 33.2 Å². The fourth-order valence-corrected chi connectivity index (χ4v) is 2.15. The summed E-state index contributed by atoms with van der Waals surface area (Å²) < 4.78 is 11.2. The number of nitrogens with zero attached hydrogens (tertiary/aromatic N) is 1. The Bertz CT molecular complexity index is 588. The van der Waals surface area contributed by atoms with Gasteiger partial charge in [0.05, 0.1) is 25.2 Å². The van der Waals surface area contributed by atoms with E-state index in [1.54, 1.807) is 27.7 Å². The standard InChI is InChI=1S/C15H21NO5/c1-5-20-13(18)7-8-16-11(4)14(15(19)21-6-2)10(3)9-12(16)17/h9H,5-8H2,1-4H3. The van der Waals surface area contributed by atoms with Crippen molar-refractivity contribution in [2.24, 2.45) is 0 Å². The molecule has 1 rings (SSSR count). The van der Waals surface area contributed by atoms with Crippen molar-refractivity contribution in [1.82, 2.24) is 4.57 Å². The van der Waals surface area contributed by atoms with Crippen molar-refractivity contribution in [3.63, 3.8) is 0 Å². The summed E-state index contributed by atoms with van der Waals surface area (Å²) in [4.78, 5) is 35.4. The molecule has 0 spiro atoms. The first-order valence-electron chi connectivity index (χ1n) is 6.96. The molecule has 0 radical (unpaired) electrons. The van der Waals surface area contributed by atoms with Crippen LogP contribution in [-0.2, 0) is 20.8 Å². The van der Waals surface area contributed by atoms with Crippen LogP contribution in [0.5, 0.6) is 0 Å². The van der Waals surface area contributed by atoms with Gasteiger partial charge in [-0.1, -0.05) is 0 Å². The Hall–Kier alpha value is -2.11. The number of hydrogen-bond donors (Lipinski definition) is 0. The van der Waals surface area contributed by atoms with Gasteiger partial charge in [-0.05, 0) is 33.3 Å². The fraction of sp³-hybridized carbons (Fsp3) is 0.533. The molecule has 0 aromatic carbocycles. The van der Waals surface area contributed by atoms with Crippen LogP contribution in [-0.4, -0.2) is 29.7 Å². The van der Waals surface area contributed by atoms with Gasteiger partial charge < -0.3 is 14.0 Å². The number of rotatable bonds is 6. The number of carbonyl (C=O) groups is 2. The molecule has 0 fully saturated rings. The molecule has 116 valence electrons. The summed E-state index contributed by atoms with van der Waals surface area (Å²) in [7, 11) is 0. The number of pyridine rings is 1. The molecular formula is C15H21NO5. The molecule has 1 heterocycles. The molecule has 1 aromatic heterocycles. The van der Waals surface area contributed by atoms with E-state index in [1.165, 1.54) is 10.6 Å². The largest absolute Gasteiger partial charge is 0.466 e. The maximum atomic E-state index is 12.0. The lowest BCUT2D eigenvalue weighted by atomic mass is 10.1.